The summed E-state index contributed by atoms with van der Waals surface area (Å²) >= 11 is 4.79. The number of rotatable bonds is 6. The van der Waals surface area contributed by atoms with E-state index >= 15 is 0 Å². The van der Waals surface area contributed by atoms with Gasteiger partial charge in [0.1, 0.15) is 17.6 Å². The molecule has 0 aliphatic rings. The summed E-state index contributed by atoms with van der Waals surface area (Å²) in [6.07, 6.45) is 2.68. The van der Waals surface area contributed by atoms with Crippen LogP contribution in [0.3, 0.4) is 0 Å². The number of thiazole rings is 1. The molecule has 0 aliphatic carbocycles. The van der Waals surface area contributed by atoms with Crippen LogP contribution >= 0.6 is 27.3 Å². The van der Waals surface area contributed by atoms with Crippen molar-refractivity contribution in [2.45, 2.75) is 20.0 Å². The van der Waals surface area contributed by atoms with Crippen molar-refractivity contribution >= 4 is 65.7 Å². The minimum absolute atomic E-state index is 0.0170. The lowest BCUT2D eigenvalue weighted by Gasteiger charge is -2.15. The Hall–Kier alpha value is -3.82. The molecular weight excluding hydrogens is 542 g/mol. The molecule has 5 aromatic rings. The van der Waals surface area contributed by atoms with Crippen LogP contribution < -0.4 is 15.2 Å². The number of carbonyl (C=O) groups is 1. The summed E-state index contributed by atoms with van der Waals surface area (Å²) in [6, 6.07) is 19.5. The van der Waals surface area contributed by atoms with Crippen LogP contribution in [-0.2, 0) is 0 Å². The van der Waals surface area contributed by atoms with E-state index in [-0.39, 0.29) is 17.1 Å². The van der Waals surface area contributed by atoms with Crippen LogP contribution in [0.2, 0.25) is 0 Å². The topological polar surface area (TPSA) is 85.0 Å². The average molecular weight is 562 g/mol. The molecule has 2 heterocycles. The van der Waals surface area contributed by atoms with Gasteiger partial charge in [0.2, 0.25) is 10.6 Å². The van der Waals surface area contributed by atoms with E-state index in [0.717, 1.165) is 14.7 Å². The number of anilines is 1. The summed E-state index contributed by atoms with van der Waals surface area (Å²) in [5.41, 5.74) is 1.59. The molecule has 0 radical (unpaired) electrons. The number of hydrazone groups is 1. The number of aromatic nitrogens is 1. The van der Waals surface area contributed by atoms with Gasteiger partial charge in [-0.2, -0.15) is 10.1 Å². The van der Waals surface area contributed by atoms with E-state index < -0.39 is 5.91 Å². The lowest BCUT2D eigenvalue weighted by Crippen LogP contribution is -2.26. The number of halogens is 1. The molecule has 2 aromatic heterocycles. The summed E-state index contributed by atoms with van der Waals surface area (Å²) < 4.78 is 13.1. The summed E-state index contributed by atoms with van der Waals surface area (Å²) in [4.78, 5) is 31.1. The van der Waals surface area contributed by atoms with Crippen molar-refractivity contribution in [2.75, 3.05) is 5.01 Å². The van der Waals surface area contributed by atoms with Crippen LogP contribution in [-0.4, -0.2) is 23.2 Å². The van der Waals surface area contributed by atoms with Gasteiger partial charge < -0.3 is 9.15 Å². The number of ether oxygens (including phenoxy) is 1. The van der Waals surface area contributed by atoms with E-state index in [1.54, 1.807) is 48.5 Å². The third kappa shape index (κ3) is 4.93. The summed E-state index contributed by atoms with van der Waals surface area (Å²) in [7, 11) is 0. The molecular formula is C27H20BrN3O4S. The number of fused-ring (bicyclic) bond motifs is 2. The lowest BCUT2D eigenvalue weighted by molar-refractivity contribution is 0.0988. The molecule has 180 valence electrons. The normalized spacial score (nSPS) is 11.6. The smallest absolute Gasteiger partial charge is 0.280 e. The minimum atomic E-state index is -0.398. The van der Waals surface area contributed by atoms with Crippen molar-refractivity contribution in [3.05, 3.63) is 98.8 Å². The highest BCUT2D eigenvalue weighted by Crippen LogP contribution is 2.32. The lowest BCUT2D eigenvalue weighted by atomic mass is 10.2. The van der Waals surface area contributed by atoms with Gasteiger partial charge in [0.05, 0.1) is 33.5 Å². The molecule has 5 rings (SSSR count). The first-order valence-electron chi connectivity index (χ1n) is 11.1. The van der Waals surface area contributed by atoms with E-state index in [9.17, 15) is 9.59 Å². The Morgan fingerprint density at radius 3 is 2.69 bits per heavy atom. The van der Waals surface area contributed by atoms with Gasteiger partial charge >= 0.3 is 0 Å². The molecule has 0 saturated carbocycles. The van der Waals surface area contributed by atoms with Crippen LogP contribution in [0, 0.1) is 0 Å². The number of para-hydroxylation sites is 1. The predicted octanol–water partition coefficient (Wildman–Crippen LogP) is 6.63. The molecule has 1 amide bonds. The van der Waals surface area contributed by atoms with Crippen molar-refractivity contribution in [1.29, 1.82) is 0 Å². The fraction of sp³-hybridized carbons (Fsp3) is 0.111. The van der Waals surface area contributed by atoms with Crippen molar-refractivity contribution in [3.8, 4) is 5.75 Å². The van der Waals surface area contributed by atoms with Gasteiger partial charge in [-0.3, -0.25) is 9.59 Å². The van der Waals surface area contributed by atoms with Gasteiger partial charge in [0.25, 0.3) is 5.91 Å². The van der Waals surface area contributed by atoms with Crippen LogP contribution in [0.1, 0.15) is 29.8 Å². The fourth-order valence-electron chi connectivity index (χ4n) is 3.54. The third-order valence-electron chi connectivity index (χ3n) is 5.20. The Morgan fingerprint density at radius 1 is 1.14 bits per heavy atom. The Bertz CT molecular complexity index is 1660. The molecule has 0 aliphatic heterocycles. The SMILES string of the molecule is CC(C)Oc1ccc(C(=O)N(/N=C/c2coc3ccccc3c2=O)c2nc3ccc(Br)cc3s2)cc1. The first-order valence-corrected chi connectivity index (χ1v) is 12.7. The first-order chi connectivity index (χ1) is 17.4. The zero-order valence-corrected chi connectivity index (χ0v) is 21.7. The standard InChI is InChI=1S/C27H20BrN3O4S/c1-16(2)35-20-10-7-17(8-11-20)26(33)31(27-30-22-12-9-19(28)13-24(22)36-27)29-14-18-15-34-23-6-4-3-5-21(23)25(18)32/h3-16H,1-2H3/b29-14+. The number of hydrogen-bond acceptors (Lipinski definition) is 7. The molecule has 0 bridgehead atoms. The van der Waals surface area contributed by atoms with Crippen LogP contribution in [0.15, 0.2) is 91.8 Å². The Kier molecular flexibility index (Phi) is 6.67. The average Bonchev–Trinajstić information content (AvgIpc) is 3.28. The number of hydrogen-bond donors (Lipinski definition) is 0. The maximum absolute atomic E-state index is 13.6. The van der Waals surface area contributed by atoms with E-state index in [2.05, 4.69) is 26.0 Å². The molecule has 0 N–H and O–H groups in total. The zero-order chi connectivity index (χ0) is 25.2. The van der Waals surface area contributed by atoms with E-state index in [4.69, 9.17) is 9.15 Å². The van der Waals surface area contributed by atoms with Crippen LogP contribution in [0.4, 0.5) is 5.13 Å². The molecule has 0 atom stereocenters. The van der Waals surface area contributed by atoms with Gasteiger partial charge in [0, 0.05) is 10.0 Å². The van der Waals surface area contributed by atoms with Crippen molar-refractivity contribution in [2.24, 2.45) is 5.10 Å². The predicted molar refractivity (Wildman–Crippen MR) is 146 cm³/mol. The largest absolute Gasteiger partial charge is 0.491 e. The number of nitrogens with zero attached hydrogens (tertiary/aromatic N) is 3. The second-order valence-electron chi connectivity index (χ2n) is 8.18. The summed E-state index contributed by atoms with van der Waals surface area (Å²) in [5, 5.41) is 6.41. The fourth-order valence-corrected chi connectivity index (χ4v) is 5.01. The van der Waals surface area contributed by atoms with Crippen molar-refractivity contribution in [3.63, 3.8) is 0 Å². The molecule has 36 heavy (non-hydrogen) atoms. The Balaban J connectivity index is 1.55. The highest BCUT2D eigenvalue weighted by molar-refractivity contribution is 9.10. The highest BCUT2D eigenvalue weighted by atomic mass is 79.9. The van der Waals surface area contributed by atoms with Crippen molar-refractivity contribution in [1.82, 2.24) is 4.98 Å². The zero-order valence-electron chi connectivity index (χ0n) is 19.3. The van der Waals surface area contributed by atoms with E-state index in [1.807, 2.05) is 32.0 Å². The summed E-state index contributed by atoms with van der Waals surface area (Å²) in [5.74, 6) is 0.265. The highest BCUT2D eigenvalue weighted by Gasteiger charge is 2.21. The number of carbonyl (C=O) groups excluding carboxylic acids is 1. The molecule has 0 spiro atoms. The molecule has 9 heteroatoms. The summed E-state index contributed by atoms with van der Waals surface area (Å²) in [6.45, 7) is 3.87. The quantitative estimate of drug-likeness (QED) is 0.171. The monoisotopic (exact) mass is 561 g/mol. The van der Waals surface area contributed by atoms with E-state index in [1.165, 1.54) is 28.8 Å². The Labute approximate surface area is 218 Å². The van der Waals surface area contributed by atoms with Gasteiger partial charge in [0.15, 0.2) is 0 Å². The first kappa shape index (κ1) is 23.9. The maximum Gasteiger partial charge on any atom is 0.280 e. The van der Waals surface area contributed by atoms with Gasteiger partial charge in [-0.1, -0.05) is 39.4 Å². The van der Waals surface area contributed by atoms with Gasteiger partial charge in [-0.05, 0) is 68.4 Å². The van der Waals surface area contributed by atoms with Crippen LogP contribution in [0.25, 0.3) is 21.2 Å². The number of benzene rings is 3. The molecule has 0 saturated heterocycles. The van der Waals surface area contributed by atoms with E-state index in [0.29, 0.717) is 27.4 Å². The Morgan fingerprint density at radius 2 is 1.92 bits per heavy atom. The second kappa shape index (κ2) is 10.0. The maximum atomic E-state index is 13.6. The van der Waals surface area contributed by atoms with Gasteiger partial charge in [-0.15, -0.1) is 0 Å². The third-order valence-corrected chi connectivity index (χ3v) is 6.69. The molecule has 0 unspecified atom stereocenters. The second-order valence-corrected chi connectivity index (χ2v) is 10.1. The van der Waals surface area contributed by atoms with Crippen LogP contribution in [0.5, 0.6) is 5.75 Å². The van der Waals surface area contributed by atoms with Gasteiger partial charge in [-0.25, -0.2) is 4.98 Å². The molecule has 7 nitrogen and oxygen atoms in total. The molecule has 3 aromatic carbocycles. The number of amides is 1. The van der Waals surface area contributed by atoms with Crippen molar-refractivity contribution < 1.29 is 13.9 Å². The molecule has 0 fully saturated rings. The minimum Gasteiger partial charge on any atom is -0.491 e.